The Kier molecular flexibility index (Phi) is 27.2. The SMILES string of the molecule is CCCCCCCCCCCC[N+]12CC[N+](CC#CC[N+]34CC[N+](CCCCCCCCCCCC)(CC3)CC4)(CC1)CC2.[Br-].[Br-].[Cl-].[Cl-]. The van der Waals surface area contributed by atoms with Crippen LogP contribution in [-0.2, 0) is 0 Å². The number of hydrogen-bond acceptors (Lipinski definition) is 0. The topological polar surface area (TPSA) is 0 Å². The number of hydrogen-bond donors (Lipinski definition) is 0. The average molecular weight is 846 g/mol. The van der Waals surface area contributed by atoms with E-state index in [2.05, 4.69) is 25.7 Å². The van der Waals surface area contributed by atoms with Gasteiger partial charge in [-0.25, -0.2) is 0 Å². The molecule has 6 saturated heterocycles. The van der Waals surface area contributed by atoms with Gasteiger partial charge in [0.15, 0.2) is 0 Å². The van der Waals surface area contributed by atoms with E-state index in [9.17, 15) is 0 Å². The minimum absolute atomic E-state index is 0. The summed E-state index contributed by atoms with van der Waals surface area (Å²) in [5.41, 5.74) is 0. The van der Waals surface area contributed by atoms with Crippen LogP contribution in [0.3, 0.4) is 0 Å². The van der Waals surface area contributed by atoms with E-state index in [-0.39, 0.29) is 58.8 Å². The average Bonchev–Trinajstić information content (AvgIpc) is 3.07. The molecule has 0 amide bonds. The molecule has 6 aliphatic heterocycles. The molecule has 8 heteroatoms. The highest BCUT2D eigenvalue weighted by molar-refractivity contribution is 5.00. The number of rotatable bonds is 24. The summed E-state index contributed by atoms with van der Waals surface area (Å²) in [5.74, 6) is 7.54. The van der Waals surface area contributed by atoms with Crippen molar-refractivity contribution in [1.82, 2.24) is 0 Å². The molecule has 0 aromatic carbocycles. The molecule has 0 radical (unpaired) electrons. The molecule has 0 aliphatic carbocycles. The van der Waals surface area contributed by atoms with Gasteiger partial charge in [0.2, 0.25) is 0 Å². The van der Waals surface area contributed by atoms with Crippen LogP contribution in [0.25, 0.3) is 0 Å². The number of unbranched alkanes of at least 4 members (excludes halogenated alkanes) is 18. The van der Waals surface area contributed by atoms with Gasteiger partial charge in [-0.1, -0.05) is 117 Å². The minimum Gasteiger partial charge on any atom is -1.00 e. The van der Waals surface area contributed by atoms with Crippen molar-refractivity contribution in [3.05, 3.63) is 0 Å². The fraction of sp³-hybridized carbons (Fsp3) is 0.950. The Bertz CT molecular complexity index is 749. The van der Waals surface area contributed by atoms with Gasteiger partial charge in [-0.05, 0) is 37.5 Å². The smallest absolute Gasteiger partial charge is 0.141 e. The second-order valence-electron chi connectivity index (χ2n) is 16.5. The van der Waals surface area contributed by atoms with Gasteiger partial charge < -0.3 is 67.7 Å². The highest BCUT2D eigenvalue weighted by Gasteiger charge is 2.49. The van der Waals surface area contributed by atoms with Crippen LogP contribution < -0.4 is 58.8 Å². The fourth-order valence-corrected chi connectivity index (χ4v) is 9.35. The lowest BCUT2D eigenvalue weighted by atomic mass is 10.0. The van der Waals surface area contributed by atoms with Gasteiger partial charge in [-0.3, -0.25) is 8.97 Å². The maximum Gasteiger partial charge on any atom is 0.141 e. The van der Waals surface area contributed by atoms with E-state index in [0.29, 0.717) is 0 Å². The quantitative estimate of drug-likeness (QED) is 0.0532. The molecule has 6 fully saturated rings. The molecule has 0 aromatic rings. The zero-order valence-electron chi connectivity index (χ0n) is 31.8. The maximum atomic E-state index is 3.77. The molecule has 0 N–H and O–H groups in total. The van der Waals surface area contributed by atoms with Crippen molar-refractivity contribution >= 4 is 0 Å². The summed E-state index contributed by atoms with van der Waals surface area (Å²) >= 11 is 0. The van der Waals surface area contributed by atoms with E-state index in [1.165, 1.54) is 238 Å². The Hall–Kier alpha value is 0.940. The highest BCUT2D eigenvalue weighted by Crippen LogP contribution is 2.29. The molecule has 0 unspecified atom stereocenters. The third-order valence-corrected chi connectivity index (χ3v) is 13.2. The van der Waals surface area contributed by atoms with Gasteiger partial charge in [0.05, 0.1) is 13.1 Å². The van der Waals surface area contributed by atoms with Crippen molar-refractivity contribution in [2.75, 3.05) is 105 Å². The molecular weight excluding hydrogens is 767 g/mol. The van der Waals surface area contributed by atoms with E-state index >= 15 is 0 Å². The summed E-state index contributed by atoms with van der Waals surface area (Å²) in [4.78, 5) is 0. The fourth-order valence-electron chi connectivity index (χ4n) is 9.35. The Labute approximate surface area is 333 Å². The predicted molar refractivity (Wildman–Crippen MR) is 190 cm³/mol. The minimum atomic E-state index is 0. The maximum absolute atomic E-state index is 3.77. The third kappa shape index (κ3) is 16.3. The van der Waals surface area contributed by atoms with E-state index in [1.807, 2.05) is 0 Å². The van der Waals surface area contributed by atoms with E-state index < -0.39 is 0 Å². The standard InChI is InChI=1S/C40H78N4.2BrH.2ClH/c1-3-5-7-9-11-13-15-17-19-21-25-41-29-35-43(36-30-41,37-31-41)27-23-24-28-44-38-32-42(33-39-44,34-40-44)26-22-20-18-16-14-12-10-8-6-4-2;;;;/h3-22,25-40H2,1-2H3;4*1H/q+4;;;;/p-4. The monoisotopic (exact) mass is 842 g/mol. The van der Waals surface area contributed by atoms with Gasteiger partial charge in [0.25, 0.3) is 0 Å². The highest BCUT2D eigenvalue weighted by atomic mass is 79.9. The summed E-state index contributed by atoms with van der Waals surface area (Å²) < 4.78 is 5.54. The first kappa shape index (κ1) is 48.9. The summed E-state index contributed by atoms with van der Waals surface area (Å²) in [6, 6.07) is 0. The number of nitrogens with zero attached hydrogens (tertiary/aromatic N) is 4. The normalized spacial score (nSPS) is 28.3. The van der Waals surface area contributed by atoms with E-state index in [1.54, 1.807) is 0 Å². The van der Waals surface area contributed by atoms with Crippen LogP contribution in [0.4, 0.5) is 0 Å². The van der Waals surface area contributed by atoms with E-state index in [4.69, 9.17) is 0 Å². The lowest BCUT2D eigenvalue weighted by molar-refractivity contribution is -1.08. The van der Waals surface area contributed by atoms with Gasteiger partial charge >= 0.3 is 0 Å². The number of piperazine rings is 6. The first-order chi connectivity index (χ1) is 21.6. The van der Waals surface area contributed by atoms with Gasteiger partial charge in [-0.15, -0.1) is 0 Å². The second-order valence-corrected chi connectivity index (χ2v) is 16.5. The largest absolute Gasteiger partial charge is 1.00 e. The van der Waals surface area contributed by atoms with Crippen LogP contribution in [0.1, 0.15) is 142 Å². The summed E-state index contributed by atoms with van der Waals surface area (Å²) in [6.07, 6.45) is 29.2. The van der Waals surface area contributed by atoms with Crippen molar-refractivity contribution in [3.63, 3.8) is 0 Å². The number of halogens is 4. The Balaban J connectivity index is 0.00000552. The molecule has 0 atom stereocenters. The van der Waals surface area contributed by atoms with Crippen molar-refractivity contribution in [2.45, 2.75) is 142 Å². The zero-order chi connectivity index (χ0) is 30.9. The molecule has 6 aliphatic rings. The molecule has 4 nitrogen and oxygen atoms in total. The lowest BCUT2D eigenvalue weighted by Gasteiger charge is -2.55. The molecule has 6 heterocycles. The Morgan fingerprint density at radius 3 is 0.771 bits per heavy atom. The molecule has 286 valence electrons. The van der Waals surface area contributed by atoms with Crippen LogP contribution >= 0.6 is 0 Å². The van der Waals surface area contributed by atoms with Crippen LogP contribution in [0.5, 0.6) is 0 Å². The molecule has 0 spiro atoms. The van der Waals surface area contributed by atoms with Crippen molar-refractivity contribution in [2.24, 2.45) is 0 Å². The van der Waals surface area contributed by atoms with Crippen LogP contribution in [-0.4, -0.2) is 123 Å². The first-order valence-electron chi connectivity index (χ1n) is 20.4. The summed E-state index contributed by atoms with van der Waals surface area (Å²) in [7, 11) is 0. The van der Waals surface area contributed by atoms with Gasteiger partial charge in [0, 0.05) is 0 Å². The zero-order valence-corrected chi connectivity index (χ0v) is 36.4. The van der Waals surface area contributed by atoms with E-state index in [0.717, 1.165) is 13.1 Å². The number of fused-ring (bicyclic) bond motifs is 6. The van der Waals surface area contributed by atoms with Crippen molar-refractivity contribution in [1.29, 1.82) is 0 Å². The molecule has 4 bridgehead atoms. The first-order valence-corrected chi connectivity index (χ1v) is 20.4. The third-order valence-electron chi connectivity index (χ3n) is 13.2. The van der Waals surface area contributed by atoms with Crippen LogP contribution in [0.15, 0.2) is 0 Å². The van der Waals surface area contributed by atoms with Gasteiger partial charge in [0.1, 0.15) is 91.6 Å². The molecule has 6 rings (SSSR count). The van der Waals surface area contributed by atoms with Crippen molar-refractivity contribution in [3.8, 4) is 11.8 Å². The lowest BCUT2D eigenvalue weighted by Crippen LogP contribution is -3.00. The summed E-state index contributed by atoms with van der Waals surface area (Å²) in [6.45, 7) is 26.8. The molecular formula is C40H78Br2Cl2N4. The molecule has 48 heavy (non-hydrogen) atoms. The molecule has 0 aromatic heterocycles. The van der Waals surface area contributed by atoms with Crippen molar-refractivity contribution < 1.29 is 76.7 Å². The Morgan fingerprint density at radius 1 is 0.312 bits per heavy atom. The Morgan fingerprint density at radius 2 is 0.521 bits per heavy atom. The second kappa shape index (κ2) is 26.7. The van der Waals surface area contributed by atoms with Gasteiger partial charge in [-0.2, -0.15) is 0 Å². The van der Waals surface area contributed by atoms with Crippen LogP contribution in [0.2, 0.25) is 0 Å². The summed E-state index contributed by atoms with van der Waals surface area (Å²) in [5, 5.41) is 0. The number of quaternary nitrogens is 4. The van der Waals surface area contributed by atoms with Crippen LogP contribution in [0, 0.1) is 11.8 Å². The molecule has 0 saturated carbocycles. The predicted octanol–water partition coefficient (Wildman–Crippen LogP) is -3.83.